The maximum Gasteiger partial charge on any atom is 0.416 e. The first-order valence-electron chi connectivity index (χ1n) is 23.5. The molecule has 0 N–H and O–H groups in total. The molecule has 2 aliphatic carbocycles. The van der Waals surface area contributed by atoms with Gasteiger partial charge in [0, 0.05) is 49.2 Å². The number of para-hydroxylation sites is 2. The minimum atomic E-state index is -4.62. The molecule has 0 fully saturated rings. The third kappa shape index (κ3) is 5.58. The number of halogens is 3. The number of rotatable bonds is 4. The summed E-state index contributed by atoms with van der Waals surface area (Å²) in [5, 5.41) is 25.9. The molecule has 0 amide bonds. The van der Waals surface area contributed by atoms with E-state index in [1.807, 2.05) is 42.5 Å². The summed E-state index contributed by atoms with van der Waals surface area (Å²) in [6.45, 7) is 9.17. The molecule has 13 rings (SSSR count). The lowest BCUT2D eigenvalue weighted by Gasteiger charge is -2.23. The minimum absolute atomic E-state index is 0.0973. The lowest BCUT2D eigenvalue weighted by atomic mass is 9.80. The van der Waals surface area contributed by atoms with Crippen molar-refractivity contribution >= 4 is 43.6 Å². The van der Waals surface area contributed by atoms with E-state index in [1.165, 1.54) is 56.0 Å². The number of hydrogen-bond acceptors (Lipinski definition) is 2. The maximum atomic E-state index is 14.1. The van der Waals surface area contributed by atoms with Gasteiger partial charge in [-0.15, -0.1) is 0 Å². The molecule has 334 valence electrons. The fraction of sp³-hybridized carbons (Fsp3) is 0.111. The van der Waals surface area contributed by atoms with Crippen LogP contribution in [0.25, 0.3) is 99.5 Å². The van der Waals surface area contributed by atoms with Crippen LogP contribution in [-0.4, -0.2) is 9.13 Å². The molecule has 0 atom stereocenters. The number of hydrogen-bond donors (Lipinski definition) is 0. The van der Waals surface area contributed by atoms with Crippen LogP contribution in [0.4, 0.5) is 13.2 Å². The normalized spacial score (nSPS) is 14.1. The maximum absolute atomic E-state index is 14.1. The summed E-state index contributed by atoms with van der Waals surface area (Å²) in [7, 11) is 0. The lowest BCUT2D eigenvalue weighted by molar-refractivity contribution is -0.137. The van der Waals surface area contributed by atoms with Crippen LogP contribution < -0.4 is 0 Å². The molecule has 2 aromatic heterocycles. The Hall–Kier alpha value is -8.65. The van der Waals surface area contributed by atoms with Gasteiger partial charge in [0.15, 0.2) is 0 Å². The van der Waals surface area contributed by atoms with Crippen molar-refractivity contribution in [2.75, 3.05) is 0 Å². The molecule has 0 saturated carbocycles. The molecule has 7 heteroatoms. The second kappa shape index (κ2) is 14.4. The van der Waals surface area contributed by atoms with Crippen molar-refractivity contribution in [2.45, 2.75) is 44.7 Å². The van der Waals surface area contributed by atoms with Gasteiger partial charge in [0.2, 0.25) is 0 Å². The average Bonchev–Trinajstić information content (AvgIpc) is 4.04. The van der Waals surface area contributed by atoms with Gasteiger partial charge in [0.25, 0.3) is 0 Å². The molecule has 0 bridgehead atoms. The molecule has 0 aliphatic heterocycles. The molecule has 2 aliphatic rings. The van der Waals surface area contributed by atoms with Gasteiger partial charge >= 0.3 is 6.18 Å². The molecular formula is C63H41F3N4. The summed E-state index contributed by atoms with van der Waals surface area (Å²) in [5.41, 5.74) is 16.7. The van der Waals surface area contributed by atoms with Crippen molar-refractivity contribution in [1.82, 2.24) is 9.13 Å². The Labute approximate surface area is 402 Å². The fourth-order valence-corrected chi connectivity index (χ4v) is 12.4. The smallest absolute Gasteiger partial charge is 0.309 e. The van der Waals surface area contributed by atoms with Crippen molar-refractivity contribution in [1.29, 1.82) is 10.5 Å². The molecule has 70 heavy (non-hydrogen) atoms. The SMILES string of the molecule is CC1(C)c2ccccc2-c2ccc3c(c21)c1ccccc1n3-c1ccc(C#N)c(-c2cc(-c3ccc(C(F)(F)F)cc3C#N)ccc2-n2c3ccccc3c3c4c(ccc32)-c2ccccc2C4(C)C)c1. The van der Waals surface area contributed by atoms with E-state index in [1.54, 1.807) is 0 Å². The number of aromatic nitrogens is 2. The fourth-order valence-electron chi connectivity index (χ4n) is 12.4. The van der Waals surface area contributed by atoms with Crippen LogP contribution in [0.5, 0.6) is 0 Å². The summed E-state index contributed by atoms with van der Waals surface area (Å²) in [6.07, 6.45) is -4.62. The Balaban J connectivity index is 1.11. The second-order valence-corrected chi connectivity index (χ2v) is 19.8. The van der Waals surface area contributed by atoms with Gasteiger partial charge < -0.3 is 9.13 Å². The van der Waals surface area contributed by atoms with Crippen LogP contribution in [0, 0.1) is 22.7 Å². The number of nitriles is 2. The number of fused-ring (bicyclic) bond motifs is 14. The van der Waals surface area contributed by atoms with E-state index < -0.39 is 11.7 Å². The summed E-state index contributed by atoms with van der Waals surface area (Å²) in [6, 6.07) is 62.6. The first-order valence-corrected chi connectivity index (χ1v) is 23.5. The Morgan fingerprint density at radius 3 is 1.54 bits per heavy atom. The van der Waals surface area contributed by atoms with Crippen molar-refractivity contribution < 1.29 is 13.2 Å². The highest BCUT2D eigenvalue weighted by Crippen LogP contribution is 2.55. The third-order valence-corrected chi connectivity index (χ3v) is 15.4. The van der Waals surface area contributed by atoms with Crippen molar-refractivity contribution in [2.24, 2.45) is 0 Å². The Bertz CT molecular complexity index is 4200. The lowest BCUT2D eigenvalue weighted by Crippen LogP contribution is -2.15. The molecule has 0 spiro atoms. The van der Waals surface area contributed by atoms with E-state index >= 15 is 0 Å². The van der Waals surface area contributed by atoms with Gasteiger partial charge in [-0.05, 0) is 122 Å². The van der Waals surface area contributed by atoms with Gasteiger partial charge in [0.05, 0.1) is 56.6 Å². The molecule has 4 nitrogen and oxygen atoms in total. The number of alkyl halides is 3. The standard InChI is InChI=1S/C63H41F3N4/c1-61(2)50-17-9-5-13-42(50)44-26-29-55-57(59(44)61)46-15-7-11-19-52(46)69(55)40-24-21-37(34-67)48(33-40)49-32-36(41-25-23-39(63(64,65)66)31-38(41)35-68)22-28-54(49)70-53-20-12-8-16-47(53)58-56(70)30-27-45-43-14-6-10-18-51(43)62(3,4)60(45)58/h5-33H,1-4H3. The Morgan fingerprint density at radius 2 is 0.957 bits per heavy atom. The van der Waals surface area contributed by atoms with Crippen LogP contribution >= 0.6 is 0 Å². The van der Waals surface area contributed by atoms with E-state index in [9.17, 15) is 23.7 Å². The summed E-state index contributed by atoms with van der Waals surface area (Å²) >= 11 is 0. The molecule has 0 saturated heterocycles. The van der Waals surface area contributed by atoms with Gasteiger partial charge in [-0.2, -0.15) is 23.7 Å². The quantitative estimate of drug-likeness (QED) is 0.177. The topological polar surface area (TPSA) is 57.4 Å². The Kier molecular flexibility index (Phi) is 8.56. The zero-order valence-corrected chi connectivity index (χ0v) is 38.7. The van der Waals surface area contributed by atoms with E-state index in [4.69, 9.17) is 0 Å². The summed E-state index contributed by atoms with van der Waals surface area (Å²) in [5.74, 6) is 0. The highest BCUT2D eigenvalue weighted by Gasteiger charge is 2.40. The predicted molar refractivity (Wildman–Crippen MR) is 276 cm³/mol. The van der Waals surface area contributed by atoms with E-state index in [2.05, 4.69) is 164 Å². The van der Waals surface area contributed by atoms with Crippen LogP contribution in [0.15, 0.2) is 176 Å². The van der Waals surface area contributed by atoms with E-state index in [0.29, 0.717) is 27.8 Å². The van der Waals surface area contributed by atoms with Crippen LogP contribution in [0.1, 0.15) is 66.6 Å². The molecule has 11 aromatic rings. The molecule has 9 aromatic carbocycles. The molecule has 0 unspecified atom stereocenters. The van der Waals surface area contributed by atoms with Gasteiger partial charge in [0.1, 0.15) is 0 Å². The molecule has 0 radical (unpaired) electrons. The monoisotopic (exact) mass is 910 g/mol. The summed E-state index contributed by atoms with van der Waals surface area (Å²) < 4.78 is 46.7. The van der Waals surface area contributed by atoms with E-state index in [0.717, 1.165) is 61.7 Å². The number of benzene rings is 9. The van der Waals surface area contributed by atoms with Gasteiger partial charge in [-0.25, -0.2) is 0 Å². The zero-order chi connectivity index (χ0) is 48.0. The van der Waals surface area contributed by atoms with Gasteiger partial charge in [-0.1, -0.05) is 137 Å². The third-order valence-electron chi connectivity index (χ3n) is 15.4. The van der Waals surface area contributed by atoms with Crippen molar-refractivity contribution in [3.8, 4) is 68.0 Å². The largest absolute Gasteiger partial charge is 0.416 e. The highest BCUT2D eigenvalue weighted by molar-refractivity contribution is 6.16. The average molecular weight is 911 g/mol. The molecular weight excluding hydrogens is 870 g/mol. The number of nitrogens with zero attached hydrogens (tertiary/aromatic N) is 4. The zero-order valence-electron chi connectivity index (χ0n) is 38.7. The Morgan fingerprint density at radius 1 is 0.429 bits per heavy atom. The first-order chi connectivity index (χ1) is 33.8. The second-order valence-electron chi connectivity index (χ2n) is 19.8. The minimum Gasteiger partial charge on any atom is -0.309 e. The van der Waals surface area contributed by atoms with Crippen LogP contribution in [0.3, 0.4) is 0 Å². The van der Waals surface area contributed by atoms with Crippen LogP contribution in [-0.2, 0) is 17.0 Å². The van der Waals surface area contributed by atoms with Gasteiger partial charge in [-0.3, -0.25) is 0 Å². The van der Waals surface area contributed by atoms with Crippen molar-refractivity contribution in [3.63, 3.8) is 0 Å². The highest BCUT2D eigenvalue weighted by atomic mass is 19.4. The predicted octanol–water partition coefficient (Wildman–Crippen LogP) is 16.6. The summed E-state index contributed by atoms with van der Waals surface area (Å²) in [4.78, 5) is 0. The van der Waals surface area contributed by atoms with Crippen molar-refractivity contribution in [3.05, 3.63) is 215 Å². The van der Waals surface area contributed by atoms with E-state index in [-0.39, 0.29) is 16.4 Å². The molecule has 2 heterocycles. The first kappa shape index (κ1) is 41.5. The van der Waals surface area contributed by atoms with Crippen LogP contribution in [0.2, 0.25) is 0 Å².